The zero-order valence-corrected chi connectivity index (χ0v) is 11.7. The second-order valence-corrected chi connectivity index (χ2v) is 4.51. The first-order valence-corrected chi connectivity index (χ1v) is 6.46. The van der Waals surface area contributed by atoms with Crippen LogP contribution in [0.5, 0.6) is 0 Å². The minimum atomic E-state index is -1.16. The minimum absolute atomic E-state index is 0. The van der Waals surface area contributed by atoms with Gasteiger partial charge in [0.05, 0.1) is 12.4 Å². The normalized spacial score (nSPS) is 10.3. The van der Waals surface area contributed by atoms with Crippen molar-refractivity contribution in [3.05, 3.63) is 30.1 Å². The van der Waals surface area contributed by atoms with Gasteiger partial charge in [-0.3, -0.25) is 4.79 Å². The third-order valence-electron chi connectivity index (χ3n) is 3.24. The number of rotatable bonds is 6. The summed E-state index contributed by atoms with van der Waals surface area (Å²) in [5, 5.41) is 19.8. The van der Waals surface area contributed by atoms with Crippen molar-refractivity contribution in [2.24, 2.45) is 0 Å². The lowest BCUT2D eigenvalue weighted by Crippen LogP contribution is -2.46. The molecule has 21 heavy (non-hydrogen) atoms. The highest BCUT2D eigenvalue weighted by atomic mass is 16.4. The van der Waals surface area contributed by atoms with Gasteiger partial charge in [0.15, 0.2) is 11.0 Å². The maximum absolute atomic E-state index is 10.9. The molecule has 0 fully saturated rings. The Bertz CT molecular complexity index is 663. The summed E-state index contributed by atoms with van der Waals surface area (Å²) in [5.41, 5.74) is 1.62. The largest absolute Gasteiger partial charge is 0.546 e. The number of para-hydroxylation sites is 2. The molecule has 0 amide bonds. The molecule has 0 saturated carbocycles. The second kappa shape index (κ2) is 6.85. The summed E-state index contributed by atoms with van der Waals surface area (Å²) in [5.74, 6) is -1.25. The van der Waals surface area contributed by atoms with E-state index in [0.29, 0.717) is 13.0 Å². The van der Waals surface area contributed by atoms with Gasteiger partial charge >= 0.3 is 5.97 Å². The number of aryl methyl sites for hydroxylation is 1. The van der Waals surface area contributed by atoms with Crippen LogP contribution < -0.4 is 9.67 Å². The molecule has 2 aromatic rings. The molecular formula is C14H18N2O5. The summed E-state index contributed by atoms with van der Waals surface area (Å²) < 4.78 is 3.54. The van der Waals surface area contributed by atoms with Crippen LogP contribution in [-0.2, 0) is 29.1 Å². The predicted octanol–water partition coefficient (Wildman–Crippen LogP) is -1.11. The zero-order valence-electron chi connectivity index (χ0n) is 11.7. The van der Waals surface area contributed by atoms with E-state index in [4.69, 9.17) is 5.11 Å². The number of benzene rings is 1. The van der Waals surface area contributed by atoms with Crippen LogP contribution in [0.15, 0.2) is 24.3 Å². The predicted molar refractivity (Wildman–Crippen MR) is 72.4 cm³/mol. The zero-order chi connectivity index (χ0) is 14.7. The topological polar surface area (TPSA) is 118 Å². The number of carbonyl (C=O) groups is 2. The number of hydrogen-bond acceptors (Lipinski definition) is 3. The number of aliphatic carboxylic acids is 2. The Balaban J connectivity index is 0.00000220. The van der Waals surface area contributed by atoms with E-state index in [0.717, 1.165) is 16.9 Å². The van der Waals surface area contributed by atoms with E-state index >= 15 is 0 Å². The maximum Gasteiger partial charge on any atom is 0.307 e. The molecule has 0 saturated heterocycles. The van der Waals surface area contributed by atoms with Gasteiger partial charge in [-0.25, -0.2) is 9.13 Å². The van der Waals surface area contributed by atoms with Crippen LogP contribution in [-0.4, -0.2) is 27.1 Å². The quantitative estimate of drug-likeness (QED) is 0.680. The molecule has 2 rings (SSSR count). The Morgan fingerprint density at radius 3 is 2.57 bits per heavy atom. The highest BCUT2D eigenvalue weighted by Gasteiger charge is 2.23. The molecule has 7 nitrogen and oxygen atoms in total. The van der Waals surface area contributed by atoms with Crippen LogP contribution in [0.4, 0.5) is 0 Å². The van der Waals surface area contributed by atoms with Crippen LogP contribution >= 0.6 is 0 Å². The fourth-order valence-corrected chi connectivity index (χ4v) is 2.49. The van der Waals surface area contributed by atoms with E-state index in [9.17, 15) is 14.7 Å². The molecule has 7 heteroatoms. The summed E-state index contributed by atoms with van der Waals surface area (Å²) in [6.07, 6.45) is 0.610. The van der Waals surface area contributed by atoms with Gasteiger partial charge in [-0.05, 0) is 12.1 Å². The van der Waals surface area contributed by atoms with Gasteiger partial charge < -0.3 is 20.5 Å². The highest BCUT2D eigenvalue weighted by molar-refractivity contribution is 5.73. The van der Waals surface area contributed by atoms with Gasteiger partial charge in [-0.15, -0.1) is 0 Å². The molecule has 0 aliphatic carbocycles. The van der Waals surface area contributed by atoms with Gasteiger partial charge in [0.25, 0.3) is 5.82 Å². The van der Waals surface area contributed by atoms with Crippen molar-refractivity contribution in [3.8, 4) is 0 Å². The van der Waals surface area contributed by atoms with Crippen molar-refractivity contribution in [3.63, 3.8) is 0 Å². The Kier molecular flexibility index (Phi) is 5.43. The van der Waals surface area contributed by atoms with Gasteiger partial charge in [0.2, 0.25) is 0 Å². The highest BCUT2D eigenvalue weighted by Crippen LogP contribution is 2.15. The fourth-order valence-electron chi connectivity index (χ4n) is 2.49. The number of nitrogens with zero attached hydrogens (tertiary/aromatic N) is 2. The molecule has 0 spiro atoms. The third-order valence-corrected chi connectivity index (χ3v) is 3.24. The summed E-state index contributed by atoms with van der Waals surface area (Å²) in [7, 11) is 0. The van der Waals surface area contributed by atoms with Crippen molar-refractivity contribution in [1.82, 2.24) is 4.57 Å². The number of hydrogen-bond donors (Lipinski definition) is 1. The van der Waals surface area contributed by atoms with Crippen LogP contribution in [0.2, 0.25) is 0 Å². The van der Waals surface area contributed by atoms with Gasteiger partial charge in [-0.2, -0.15) is 0 Å². The van der Waals surface area contributed by atoms with Crippen LogP contribution in [0.3, 0.4) is 0 Å². The van der Waals surface area contributed by atoms with Gasteiger partial charge in [0, 0.05) is 6.42 Å². The molecule has 0 unspecified atom stereocenters. The van der Waals surface area contributed by atoms with Crippen molar-refractivity contribution in [2.75, 3.05) is 0 Å². The molecule has 3 N–H and O–H groups in total. The summed E-state index contributed by atoms with van der Waals surface area (Å²) in [4.78, 5) is 21.7. The fraction of sp³-hybridized carbons (Fsp3) is 0.357. The van der Waals surface area contributed by atoms with E-state index in [1.54, 1.807) is 4.57 Å². The lowest BCUT2D eigenvalue weighted by atomic mass is 10.3. The van der Waals surface area contributed by atoms with Crippen LogP contribution in [0.1, 0.15) is 19.2 Å². The summed E-state index contributed by atoms with van der Waals surface area (Å²) >= 11 is 0. The Hall–Kier alpha value is -2.41. The van der Waals surface area contributed by atoms with E-state index < -0.39 is 11.9 Å². The summed E-state index contributed by atoms with van der Waals surface area (Å²) in [6.45, 7) is 2.00. The molecule has 0 aliphatic heterocycles. The minimum Gasteiger partial charge on any atom is -0.546 e. The standard InChI is InChI=1S/C14H16N2O4.H2O/c1-2-12-15(8-7-13(17)18)10-5-3-4-6-11(10)16(12)9-14(19)20;/h3-6H,2,7-9H2,1H3,(H-,17,18,19,20);1H2. The van der Waals surface area contributed by atoms with Gasteiger partial charge in [-0.1, -0.05) is 19.1 Å². The number of aromatic nitrogens is 2. The molecule has 0 radical (unpaired) electrons. The van der Waals surface area contributed by atoms with E-state index in [2.05, 4.69) is 0 Å². The number of carboxylic acid groups (broad SMARTS) is 2. The van der Waals surface area contributed by atoms with Crippen LogP contribution in [0.25, 0.3) is 11.0 Å². The maximum atomic E-state index is 10.9. The number of carboxylic acids is 2. The first-order valence-electron chi connectivity index (χ1n) is 6.46. The average Bonchev–Trinajstić information content (AvgIpc) is 2.69. The van der Waals surface area contributed by atoms with E-state index in [-0.39, 0.29) is 18.4 Å². The van der Waals surface area contributed by atoms with Crippen molar-refractivity contribution in [2.45, 2.75) is 32.9 Å². The second-order valence-electron chi connectivity index (χ2n) is 4.51. The molecule has 1 heterocycles. The Morgan fingerprint density at radius 2 is 2.00 bits per heavy atom. The van der Waals surface area contributed by atoms with E-state index in [1.165, 1.54) is 0 Å². The lowest BCUT2D eigenvalue weighted by Gasteiger charge is -2.03. The number of fused-ring (bicyclic) bond motifs is 1. The van der Waals surface area contributed by atoms with Crippen molar-refractivity contribution in [1.29, 1.82) is 0 Å². The van der Waals surface area contributed by atoms with Crippen molar-refractivity contribution < 1.29 is 29.8 Å². The Labute approximate surface area is 121 Å². The van der Waals surface area contributed by atoms with Crippen LogP contribution in [0, 0.1) is 0 Å². The SMILES string of the molecule is CCc1n(CCC(=O)O)c2ccccc2[n+]1CC(=O)[O-].O. The van der Waals surface area contributed by atoms with Gasteiger partial charge in [0.1, 0.15) is 13.1 Å². The molecule has 0 aliphatic rings. The molecule has 1 aromatic heterocycles. The molecule has 0 atom stereocenters. The lowest BCUT2D eigenvalue weighted by molar-refractivity contribution is -0.674. The van der Waals surface area contributed by atoms with E-state index in [1.807, 2.05) is 35.8 Å². The molecular weight excluding hydrogens is 276 g/mol. The average molecular weight is 294 g/mol. The third kappa shape index (κ3) is 3.38. The molecule has 1 aromatic carbocycles. The monoisotopic (exact) mass is 294 g/mol. The smallest absolute Gasteiger partial charge is 0.307 e. The molecule has 114 valence electrons. The first-order chi connectivity index (χ1) is 9.54. The first kappa shape index (κ1) is 16.6. The Morgan fingerprint density at radius 1 is 1.33 bits per heavy atom. The molecule has 0 bridgehead atoms. The summed E-state index contributed by atoms with van der Waals surface area (Å²) in [6, 6.07) is 7.37. The van der Waals surface area contributed by atoms with Crippen molar-refractivity contribution >= 4 is 23.0 Å². The number of carbonyl (C=O) groups excluding carboxylic acids is 1. The number of imidazole rings is 1.